The molecule has 3 heteroatoms. The summed E-state index contributed by atoms with van der Waals surface area (Å²) in [5, 5.41) is 3.40. The molecule has 1 N–H and O–H groups in total. The zero-order valence-electron chi connectivity index (χ0n) is 10.2. The summed E-state index contributed by atoms with van der Waals surface area (Å²) in [6, 6.07) is 0. The van der Waals surface area contributed by atoms with Crippen molar-refractivity contribution in [3.63, 3.8) is 0 Å². The first-order valence-electron chi connectivity index (χ1n) is 5.41. The van der Waals surface area contributed by atoms with Crippen molar-refractivity contribution in [1.29, 1.82) is 0 Å². The summed E-state index contributed by atoms with van der Waals surface area (Å²) in [4.78, 5) is 0. The second kappa shape index (κ2) is 6.57. The van der Waals surface area contributed by atoms with Crippen LogP contribution in [0.3, 0.4) is 0 Å². The van der Waals surface area contributed by atoms with Gasteiger partial charge in [-0.15, -0.1) is 0 Å². The van der Waals surface area contributed by atoms with Crippen LogP contribution in [-0.4, -0.2) is 27.8 Å². The van der Waals surface area contributed by atoms with Crippen LogP contribution in [0.5, 0.6) is 0 Å². The monoisotopic (exact) mass is 219 g/mol. The molecule has 0 aromatic heterocycles. The van der Waals surface area contributed by atoms with E-state index >= 15 is 0 Å². The normalized spacial score (nSPS) is 14.7. The molecule has 0 heterocycles. The van der Waals surface area contributed by atoms with E-state index in [1.54, 1.807) is 0 Å². The minimum atomic E-state index is -0.618. The van der Waals surface area contributed by atoms with Gasteiger partial charge in [-0.25, -0.2) is 0 Å². The summed E-state index contributed by atoms with van der Waals surface area (Å²) < 4.78 is 11.5. The molecule has 1 atom stereocenters. The Balaban J connectivity index is 3.41. The molecule has 0 aliphatic heterocycles. The predicted octanol–water partition coefficient (Wildman–Crippen LogP) is 2.17. The van der Waals surface area contributed by atoms with E-state index in [9.17, 15) is 4.21 Å². The van der Waals surface area contributed by atoms with E-state index in [1.165, 1.54) is 0 Å². The van der Waals surface area contributed by atoms with Crippen LogP contribution >= 0.6 is 0 Å². The standard InChI is InChI=1S/C11H25NOS/c1-10(2)9-14(13)8-6-7-12-11(3,4)5/h10,12H,6-9H2,1-5H3. The maximum absolute atomic E-state index is 11.5. The Hall–Kier alpha value is 0.110. The molecule has 0 radical (unpaired) electrons. The summed E-state index contributed by atoms with van der Waals surface area (Å²) in [7, 11) is -0.618. The first-order chi connectivity index (χ1) is 6.31. The lowest BCUT2D eigenvalue weighted by molar-refractivity contribution is 0.427. The van der Waals surface area contributed by atoms with E-state index in [0.717, 1.165) is 24.5 Å². The third-order valence-electron chi connectivity index (χ3n) is 1.72. The maximum atomic E-state index is 11.5. The number of hydrogen-bond donors (Lipinski definition) is 1. The molecule has 0 saturated heterocycles. The molecule has 2 nitrogen and oxygen atoms in total. The van der Waals surface area contributed by atoms with E-state index in [2.05, 4.69) is 39.9 Å². The second-order valence-corrected chi connectivity index (χ2v) is 6.86. The summed E-state index contributed by atoms with van der Waals surface area (Å²) in [5.41, 5.74) is 0.180. The van der Waals surface area contributed by atoms with Gasteiger partial charge in [-0.2, -0.15) is 0 Å². The van der Waals surface area contributed by atoms with Gasteiger partial charge in [0.05, 0.1) is 0 Å². The van der Waals surface area contributed by atoms with E-state index in [4.69, 9.17) is 0 Å². The fraction of sp³-hybridized carbons (Fsp3) is 1.00. The maximum Gasteiger partial charge on any atom is 0.0257 e. The van der Waals surface area contributed by atoms with E-state index < -0.39 is 10.8 Å². The van der Waals surface area contributed by atoms with Gasteiger partial charge in [0.1, 0.15) is 0 Å². The van der Waals surface area contributed by atoms with Crippen LogP contribution in [-0.2, 0) is 10.8 Å². The lowest BCUT2D eigenvalue weighted by atomic mass is 10.1. The largest absolute Gasteiger partial charge is 0.312 e. The zero-order chi connectivity index (χ0) is 11.2. The fourth-order valence-electron chi connectivity index (χ4n) is 1.15. The van der Waals surface area contributed by atoms with Gasteiger partial charge in [-0.1, -0.05) is 13.8 Å². The molecule has 0 amide bonds. The Morgan fingerprint density at radius 2 is 1.86 bits per heavy atom. The highest BCUT2D eigenvalue weighted by atomic mass is 32.2. The third-order valence-corrected chi connectivity index (χ3v) is 3.51. The van der Waals surface area contributed by atoms with E-state index in [-0.39, 0.29) is 5.54 Å². The van der Waals surface area contributed by atoms with Gasteiger partial charge in [0.15, 0.2) is 0 Å². The average molecular weight is 219 g/mol. The molecule has 0 aromatic rings. The molecular weight excluding hydrogens is 194 g/mol. The van der Waals surface area contributed by atoms with Gasteiger partial charge in [0.2, 0.25) is 0 Å². The van der Waals surface area contributed by atoms with Crippen LogP contribution in [0.4, 0.5) is 0 Å². The molecule has 0 rings (SSSR count). The van der Waals surface area contributed by atoms with Gasteiger partial charge in [-0.05, 0) is 39.7 Å². The first-order valence-corrected chi connectivity index (χ1v) is 6.90. The molecule has 0 bridgehead atoms. The van der Waals surface area contributed by atoms with E-state index in [1.807, 2.05) is 0 Å². The molecular formula is C11H25NOS. The highest BCUT2D eigenvalue weighted by Gasteiger charge is 2.08. The van der Waals surface area contributed by atoms with Crippen LogP contribution < -0.4 is 5.32 Å². The van der Waals surface area contributed by atoms with Crippen molar-refractivity contribution in [3.05, 3.63) is 0 Å². The Labute approximate surface area is 91.3 Å². The van der Waals surface area contributed by atoms with Crippen molar-refractivity contribution < 1.29 is 4.21 Å². The zero-order valence-corrected chi connectivity index (χ0v) is 11.0. The molecule has 14 heavy (non-hydrogen) atoms. The topological polar surface area (TPSA) is 29.1 Å². The number of nitrogens with one attached hydrogen (secondary N) is 1. The number of hydrogen-bond acceptors (Lipinski definition) is 2. The lowest BCUT2D eigenvalue weighted by Crippen LogP contribution is -2.36. The fourth-order valence-corrected chi connectivity index (χ4v) is 2.53. The van der Waals surface area contributed by atoms with Gasteiger partial charge in [0, 0.05) is 27.8 Å². The molecule has 0 aliphatic carbocycles. The minimum absolute atomic E-state index is 0.180. The van der Waals surface area contributed by atoms with Crippen LogP contribution in [0, 0.1) is 5.92 Å². The Morgan fingerprint density at radius 1 is 1.29 bits per heavy atom. The Kier molecular flexibility index (Phi) is 6.62. The third kappa shape index (κ3) is 10.2. The lowest BCUT2D eigenvalue weighted by Gasteiger charge is -2.20. The molecule has 0 aliphatic rings. The molecule has 86 valence electrons. The van der Waals surface area contributed by atoms with Gasteiger partial charge in [0.25, 0.3) is 0 Å². The van der Waals surface area contributed by atoms with Gasteiger partial charge >= 0.3 is 0 Å². The van der Waals surface area contributed by atoms with Crippen molar-refractivity contribution in [3.8, 4) is 0 Å². The Bertz CT molecular complexity index is 173. The smallest absolute Gasteiger partial charge is 0.0257 e. The quantitative estimate of drug-likeness (QED) is 0.694. The van der Waals surface area contributed by atoms with Crippen LogP contribution in [0.25, 0.3) is 0 Å². The van der Waals surface area contributed by atoms with Crippen LogP contribution in [0.15, 0.2) is 0 Å². The van der Waals surface area contributed by atoms with Crippen molar-refractivity contribution in [1.82, 2.24) is 5.32 Å². The molecule has 1 unspecified atom stereocenters. The van der Waals surface area contributed by atoms with E-state index in [0.29, 0.717) is 5.92 Å². The van der Waals surface area contributed by atoms with Crippen molar-refractivity contribution >= 4 is 10.8 Å². The summed E-state index contributed by atoms with van der Waals surface area (Å²) in [6.45, 7) is 11.7. The SMILES string of the molecule is CC(C)CS(=O)CCCNC(C)(C)C. The Morgan fingerprint density at radius 3 is 2.29 bits per heavy atom. The van der Waals surface area contributed by atoms with Crippen molar-refractivity contribution in [2.45, 2.75) is 46.6 Å². The van der Waals surface area contributed by atoms with Crippen LogP contribution in [0.1, 0.15) is 41.0 Å². The number of rotatable bonds is 6. The molecule has 0 saturated carbocycles. The van der Waals surface area contributed by atoms with Crippen molar-refractivity contribution in [2.75, 3.05) is 18.1 Å². The average Bonchev–Trinajstić information content (AvgIpc) is 1.95. The minimum Gasteiger partial charge on any atom is -0.312 e. The van der Waals surface area contributed by atoms with Gasteiger partial charge in [-0.3, -0.25) is 4.21 Å². The highest BCUT2D eigenvalue weighted by Crippen LogP contribution is 2.00. The summed E-state index contributed by atoms with van der Waals surface area (Å²) in [6.07, 6.45) is 1.01. The van der Waals surface area contributed by atoms with Crippen LogP contribution in [0.2, 0.25) is 0 Å². The first kappa shape index (κ1) is 14.1. The highest BCUT2D eigenvalue weighted by molar-refractivity contribution is 7.84. The summed E-state index contributed by atoms with van der Waals surface area (Å²) in [5.74, 6) is 2.22. The van der Waals surface area contributed by atoms with Gasteiger partial charge < -0.3 is 5.32 Å². The molecule has 0 aromatic carbocycles. The molecule has 0 fully saturated rings. The summed E-state index contributed by atoms with van der Waals surface area (Å²) >= 11 is 0. The van der Waals surface area contributed by atoms with Crippen molar-refractivity contribution in [2.24, 2.45) is 5.92 Å². The molecule has 0 spiro atoms. The second-order valence-electron chi connectivity index (χ2n) is 5.23. The predicted molar refractivity (Wildman–Crippen MR) is 65.1 cm³/mol.